The molecular weight excluding hydrogens is 236 g/mol. The van der Waals surface area contributed by atoms with Crippen molar-refractivity contribution in [1.82, 2.24) is 5.01 Å². The summed E-state index contributed by atoms with van der Waals surface area (Å²) < 4.78 is 0. The minimum atomic E-state index is 0.828. The van der Waals surface area contributed by atoms with Gasteiger partial charge >= 0.3 is 0 Å². The van der Waals surface area contributed by atoms with Crippen LogP contribution in [0.5, 0.6) is 0 Å². The van der Waals surface area contributed by atoms with Gasteiger partial charge < -0.3 is 5.01 Å². The van der Waals surface area contributed by atoms with Gasteiger partial charge in [0.1, 0.15) is 0 Å². The lowest BCUT2D eigenvalue weighted by molar-refractivity contribution is 0.112. The van der Waals surface area contributed by atoms with Gasteiger partial charge in [-0.1, -0.05) is 26.0 Å². The first-order chi connectivity index (χ1) is 9.31. The number of hydrogen-bond donors (Lipinski definition) is 0. The van der Waals surface area contributed by atoms with Crippen LogP contribution in [-0.4, -0.2) is 30.9 Å². The van der Waals surface area contributed by atoms with E-state index in [1.807, 2.05) is 12.1 Å². The number of anilines is 1. The van der Waals surface area contributed by atoms with Gasteiger partial charge in [-0.3, -0.25) is 4.79 Å². The lowest BCUT2D eigenvalue weighted by atomic mass is 9.99. The highest BCUT2D eigenvalue weighted by Gasteiger charge is 2.24. The third kappa shape index (κ3) is 2.98. The number of aryl methyl sites for hydroxylation is 1. The first-order valence-corrected chi connectivity index (χ1v) is 7.41. The second-order valence-corrected chi connectivity index (χ2v) is 5.15. The Morgan fingerprint density at radius 3 is 2.63 bits per heavy atom. The molecule has 1 aromatic carbocycles. The Labute approximate surface area is 116 Å². The van der Waals surface area contributed by atoms with Crippen LogP contribution in [0.25, 0.3) is 0 Å². The maximum atomic E-state index is 11.3. The van der Waals surface area contributed by atoms with E-state index in [1.165, 1.54) is 12.0 Å². The third-order valence-corrected chi connectivity index (χ3v) is 3.66. The molecule has 0 fully saturated rings. The molecule has 1 aliphatic rings. The average molecular weight is 260 g/mol. The van der Waals surface area contributed by atoms with Gasteiger partial charge in [-0.05, 0) is 37.3 Å². The summed E-state index contributed by atoms with van der Waals surface area (Å²) in [5.74, 6) is 0. The lowest BCUT2D eigenvalue weighted by Gasteiger charge is -2.41. The summed E-state index contributed by atoms with van der Waals surface area (Å²) >= 11 is 0. The summed E-state index contributed by atoms with van der Waals surface area (Å²) in [4.78, 5) is 11.3. The molecule has 0 saturated heterocycles. The van der Waals surface area contributed by atoms with Gasteiger partial charge in [-0.25, -0.2) is 5.01 Å². The number of benzene rings is 1. The molecule has 0 spiro atoms. The van der Waals surface area contributed by atoms with Crippen LogP contribution in [0.1, 0.15) is 49.0 Å². The highest BCUT2D eigenvalue weighted by Crippen LogP contribution is 2.31. The zero-order valence-electron chi connectivity index (χ0n) is 12.1. The van der Waals surface area contributed by atoms with Crippen molar-refractivity contribution in [2.45, 2.75) is 39.5 Å². The number of fused-ring (bicyclic) bond motifs is 1. The molecule has 0 atom stereocenters. The summed E-state index contributed by atoms with van der Waals surface area (Å²) in [7, 11) is 0. The summed E-state index contributed by atoms with van der Waals surface area (Å²) in [5, 5.41) is 4.75. The minimum Gasteiger partial charge on any atom is -0.305 e. The number of hydrogen-bond acceptors (Lipinski definition) is 3. The Hall–Kier alpha value is -1.35. The Balaban J connectivity index is 2.36. The van der Waals surface area contributed by atoms with Crippen LogP contribution in [0, 0.1) is 0 Å². The normalized spacial score (nSPS) is 14.6. The Kier molecular flexibility index (Phi) is 4.97. The van der Waals surface area contributed by atoms with Gasteiger partial charge in [0, 0.05) is 25.2 Å². The van der Waals surface area contributed by atoms with Crippen molar-refractivity contribution >= 4 is 12.0 Å². The van der Waals surface area contributed by atoms with Gasteiger partial charge in [-0.2, -0.15) is 0 Å². The molecule has 0 aromatic heterocycles. The largest absolute Gasteiger partial charge is 0.305 e. The van der Waals surface area contributed by atoms with Gasteiger partial charge in [0.2, 0.25) is 0 Å². The number of rotatable bonds is 6. The Morgan fingerprint density at radius 2 is 2.00 bits per heavy atom. The molecule has 3 heteroatoms. The van der Waals surface area contributed by atoms with Crippen molar-refractivity contribution in [3.63, 3.8) is 0 Å². The molecule has 0 N–H and O–H groups in total. The number of para-hydroxylation sites is 1. The molecule has 104 valence electrons. The number of carbonyl (C=O) groups is 1. The number of carbonyl (C=O) groups excluding carboxylic acids is 1. The minimum absolute atomic E-state index is 0.828. The Bertz CT molecular complexity index is 425. The molecule has 1 aromatic rings. The number of nitrogens with zero attached hydrogens (tertiary/aromatic N) is 2. The molecule has 0 radical (unpaired) electrons. The molecule has 1 aliphatic heterocycles. The van der Waals surface area contributed by atoms with E-state index in [2.05, 4.69) is 29.9 Å². The molecule has 0 saturated carbocycles. The SMILES string of the molecule is CCCN(CCC)N1CCCc2cccc(C=O)c21. The molecule has 0 aliphatic carbocycles. The van der Waals surface area contributed by atoms with Crippen LogP contribution in [-0.2, 0) is 6.42 Å². The first-order valence-electron chi connectivity index (χ1n) is 7.41. The summed E-state index contributed by atoms with van der Waals surface area (Å²) in [6, 6.07) is 6.08. The van der Waals surface area contributed by atoms with E-state index in [9.17, 15) is 4.79 Å². The van der Waals surface area contributed by atoms with Crippen molar-refractivity contribution in [3.8, 4) is 0 Å². The van der Waals surface area contributed by atoms with Gasteiger partial charge in [-0.15, -0.1) is 0 Å². The molecule has 3 nitrogen and oxygen atoms in total. The first kappa shape index (κ1) is 14.1. The van der Waals surface area contributed by atoms with E-state index >= 15 is 0 Å². The van der Waals surface area contributed by atoms with Crippen molar-refractivity contribution < 1.29 is 4.79 Å². The standard InChI is InChI=1S/C16H24N2O/c1-3-10-17(11-4-2)18-12-6-9-14-7-5-8-15(13-19)16(14)18/h5,7-8,13H,3-4,6,9-12H2,1-2H3. The van der Waals surface area contributed by atoms with Crippen molar-refractivity contribution in [2.24, 2.45) is 0 Å². The highest BCUT2D eigenvalue weighted by atomic mass is 16.1. The number of hydrazine groups is 1. The van der Waals surface area contributed by atoms with Crippen LogP contribution >= 0.6 is 0 Å². The fraction of sp³-hybridized carbons (Fsp3) is 0.562. The van der Waals surface area contributed by atoms with E-state index in [4.69, 9.17) is 0 Å². The van der Waals surface area contributed by atoms with E-state index in [0.29, 0.717) is 0 Å². The van der Waals surface area contributed by atoms with E-state index < -0.39 is 0 Å². The maximum Gasteiger partial charge on any atom is 0.152 e. The summed E-state index contributed by atoms with van der Waals surface area (Å²) in [5.41, 5.74) is 3.29. The molecule has 2 rings (SSSR count). The molecule has 0 amide bonds. The topological polar surface area (TPSA) is 23.6 Å². The average Bonchev–Trinajstić information content (AvgIpc) is 2.45. The maximum absolute atomic E-state index is 11.3. The monoisotopic (exact) mass is 260 g/mol. The predicted molar refractivity (Wildman–Crippen MR) is 79.7 cm³/mol. The molecular formula is C16H24N2O. The quantitative estimate of drug-likeness (QED) is 0.733. The fourth-order valence-corrected chi connectivity index (χ4v) is 2.91. The second-order valence-electron chi connectivity index (χ2n) is 5.15. The molecule has 19 heavy (non-hydrogen) atoms. The van der Waals surface area contributed by atoms with Crippen LogP contribution in [0.2, 0.25) is 0 Å². The van der Waals surface area contributed by atoms with Crippen molar-refractivity contribution in [3.05, 3.63) is 29.3 Å². The second kappa shape index (κ2) is 6.71. The smallest absolute Gasteiger partial charge is 0.152 e. The van der Waals surface area contributed by atoms with Crippen LogP contribution < -0.4 is 5.01 Å². The van der Waals surface area contributed by atoms with E-state index in [1.54, 1.807) is 0 Å². The van der Waals surface area contributed by atoms with Crippen LogP contribution in [0.3, 0.4) is 0 Å². The van der Waals surface area contributed by atoms with E-state index in [0.717, 1.165) is 56.4 Å². The van der Waals surface area contributed by atoms with Crippen LogP contribution in [0.15, 0.2) is 18.2 Å². The third-order valence-electron chi connectivity index (χ3n) is 3.66. The van der Waals surface area contributed by atoms with Crippen molar-refractivity contribution in [2.75, 3.05) is 24.6 Å². The summed E-state index contributed by atoms with van der Waals surface area (Å²) in [6.45, 7) is 7.55. The van der Waals surface area contributed by atoms with E-state index in [-0.39, 0.29) is 0 Å². The van der Waals surface area contributed by atoms with Gasteiger partial charge in [0.15, 0.2) is 6.29 Å². The van der Waals surface area contributed by atoms with Crippen molar-refractivity contribution in [1.29, 1.82) is 0 Å². The van der Waals surface area contributed by atoms with Gasteiger partial charge in [0.25, 0.3) is 0 Å². The molecule has 0 bridgehead atoms. The van der Waals surface area contributed by atoms with Gasteiger partial charge in [0.05, 0.1) is 5.69 Å². The molecule has 0 unspecified atom stereocenters. The van der Waals surface area contributed by atoms with Crippen LogP contribution in [0.4, 0.5) is 5.69 Å². The highest BCUT2D eigenvalue weighted by molar-refractivity contribution is 5.86. The summed E-state index contributed by atoms with van der Waals surface area (Å²) in [6.07, 6.45) is 5.51. The zero-order valence-corrected chi connectivity index (χ0v) is 12.1. The lowest BCUT2D eigenvalue weighted by Crippen LogP contribution is -2.46. The zero-order chi connectivity index (χ0) is 13.7. The fourth-order valence-electron chi connectivity index (χ4n) is 2.91. The predicted octanol–water partition coefficient (Wildman–Crippen LogP) is 3.29. The molecule has 1 heterocycles. The Morgan fingerprint density at radius 1 is 1.26 bits per heavy atom. The number of aldehydes is 1.